The van der Waals surface area contributed by atoms with Crippen LogP contribution in [0.3, 0.4) is 0 Å². The molecule has 1 heterocycles. The van der Waals surface area contributed by atoms with Crippen molar-refractivity contribution in [3.63, 3.8) is 0 Å². The number of methoxy groups -OCH3 is 1. The van der Waals surface area contributed by atoms with Crippen LogP contribution in [0, 0.1) is 0 Å². The normalized spacial score (nSPS) is 12.0. The zero-order chi connectivity index (χ0) is 9.19. The minimum Gasteiger partial charge on any atom is -0.371 e. The fraction of sp³-hybridized carbons (Fsp3) is 0.625. The molecular weight excluding hydrogens is 174 g/mol. The number of hydrogen-bond acceptors (Lipinski definition) is 4. The first-order valence-corrected chi connectivity index (χ1v) is 4.35. The lowest BCUT2D eigenvalue weighted by molar-refractivity contribution is -0.00349. The molecule has 0 aromatic carbocycles. The predicted octanol–water partition coefficient (Wildman–Crippen LogP) is 1.99. The maximum Gasteiger partial charge on any atom is 0.168 e. The van der Waals surface area contributed by atoms with Crippen molar-refractivity contribution in [3.05, 3.63) is 17.5 Å². The Morgan fingerprint density at radius 1 is 1.67 bits per heavy atom. The summed E-state index contributed by atoms with van der Waals surface area (Å²) in [5.41, 5.74) is 0.423. The summed E-state index contributed by atoms with van der Waals surface area (Å²) in [6.07, 6.45) is 0. The van der Waals surface area contributed by atoms with Gasteiger partial charge in [0.15, 0.2) is 5.76 Å². The summed E-state index contributed by atoms with van der Waals surface area (Å²) in [6.45, 7) is 3.85. The smallest absolute Gasteiger partial charge is 0.168 e. The summed E-state index contributed by atoms with van der Waals surface area (Å²) in [5.74, 6) is 1.32. The maximum absolute atomic E-state index is 5.22. The monoisotopic (exact) mass is 187 g/mol. The predicted molar refractivity (Wildman–Crippen MR) is 49.2 cm³/mol. The Labute approximate surface area is 77.5 Å². The van der Waals surface area contributed by atoms with E-state index in [1.165, 1.54) is 0 Å². The van der Waals surface area contributed by atoms with E-state index in [4.69, 9.17) is 9.26 Å². The van der Waals surface area contributed by atoms with E-state index >= 15 is 0 Å². The lowest BCUT2D eigenvalue weighted by Crippen LogP contribution is -2.18. The summed E-state index contributed by atoms with van der Waals surface area (Å²) < 4.78 is 10.3. The van der Waals surface area contributed by atoms with Crippen LogP contribution in [0.2, 0.25) is 0 Å². The first-order chi connectivity index (χ1) is 5.60. The average molecular weight is 187 g/mol. The molecule has 1 aromatic heterocycles. The molecule has 0 spiro atoms. The number of ether oxygens (including phenoxy) is 1. The highest BCUT2D eigenvalue weighted by molar-refractivity contribution is 7.79. The van der Waals surface area contributed by atoms with Crippen molar-refractivity contribution in [2.45, 2.75) is 25.2 Å². The highest BCUT2D eigenvalue weighted by Crippen LogP contribution is 2.24. The van der Waals surface area contributed by atoms with Gasteiger partial charge in [-0.25, -0.2) is 0 Å². The maximum atomic E-state index is 5.22. The SMILES string of the molecule is COC(C)(C)c1cc(CS)no1. The minimum atomic E-state index is -0.409. The van der Waals surface area contributed by atoms with Gasteiger partial charge in [-0.3, -0.25) is 0 Å². The number of rotatable bonds is 3. The van der Waals surface area contributed by atoms with E-state index in [0.29, 0.717) is 5.75 Å². The van der Waals surface area contributed by atoms with E-state index in [2.05, 4.69) is 17.8 Å². The van der Waals surface area contributed by atoms with Gasteiger partial charge in [-0.2, -0.15) is 12.6 Å². The van der Waals surface area contributed by atoms with E-state index in [0.717, 1.165) is 11.5 Å². The number of thiol groups is 1. The molecule has 0 saturated carbocycles. The zero-order valence-electron chi connectivity index (χ0n) is 7.50. The Balaban J connectivity index is 2.88. The van der Waals surface area contributed by atoms with Crippen LogP contribution >= 0.6 is 12.6 Å². The largest absolute Gasteiger partial charge is 0.371 e. The second-order valence-electron chi connectivity index (χ2n) is 3.06. The van der Waals surface area contributed by atoms with E-state index < -0.39 is 5.60 Å². The van der Waals surface area contributed by atoms with Crippen molar-refractivity contribution in [3.8, 4) is 0 Å². The van der Waals surface area contributed by atoms with Crippen LogP contribution in [0.5, 0.6) is 0 Å². The highest BCUT2D eigenvalue weighted by Gasteiger charge is 2.24. The van der Waals surface area contributed by atoms with Gasteiger partial charge in [0.25, 0.3) is 0 Å². The molecule has 0 unspecified atom stereocenters. The molecule has 0 aliphatic rings. The van der Waals surface area contributed by atoms with Crippen molar-refractivity contribution in [2.75, 3.05) is 7.11 Å². The van der Waals surface area contributed by atoms with Crippen LogP contribution in [0.25, 0.3) is 0 Å². The van der Waals surface area contributed by atoms with Gasteiger partial charge in [-0.1, -0.05) is 5.16 Å². The van der Waals surface area contributed by atoms with Crippen molar-refractivity contribution >= 4 is 12.6 Å². The lowest BCUT2D eigenvalue weighted by Gasteiger charge is -2.18. The third-order valence-electron chi connectivity index (χ3n) is 1.82. The van der Waals surface area contributed by atoms with Crippen molar-refractivity contribution in [2.24, 2.45) is 0 Å². The molecule has 0 radical (unpaired) electrons. The lowest BCUT2D eigenvalue weighted by atomic mass is 10.1. The molecule has 0 aliphatic heterocycles. The van der Waals surface area contributed by atoms with E-state index in [1.54, 1.807) is 7.11 Å². The fourth-order valence-electron chi connectivity index (χ4n) is 0.771. The Bertz CT molecular complexity index is 257. The molecule has 0 saturated heterocycles. The molecule has 4 heteroatoms. The van der Waals surface area contributed by atoms with Gasteiger partial charge >= 0.3 is 0 Å². The summed E-state index contributed by atoms with van der Waals surface area (Å²) in [4.78, 5) is 0. The molecule has 0 fully saturated rings. The van der Waals surface area contributed by atoms with Gasteiger partial charge in [0.2, 0.25) is 0 Å². The van der Waals surface area contributed by atoms with Gasteiger partial charge in [0.05, 0.1) is 5.69 Å². The zero-order valence-corrected chi connectivity index (χ0v) is 8.39. The molecule has 0 atom stereocenters. The Morgan fingerprint density at radius 2 is 2.33 bits per heavy atom. The van der Waals surface area contributed by atoms with Crippen LogP contribution in [0.1, 0.15) is 25.3 Å². The summed E-state index contributed by atoms with van der Waals surface area (Å²) in [5, 5.41) is 3.82. The van der Waals surface area contributed by atoms with Crippen molar-refractivity contribution in [1.29, 1.82) is 0 Å². The molecule has 0 aliphatic carbocycles. The number of hydrogen-bond donors (Lipinski definition) is 1. The molecule has 0 bridgehead atoms. The van der Waals surface area contributed by atoms with Gasteiger partial charge in [-0.15, -0.1) is 0 Å². The molecule has 12 heavy (non-hydrogen) atoms. The van der Waals surface area contributed by atoms with Crippen molar-refractivity contribution < 1.29 is 9.26 Å². The van der Waals surface area contributed by atoms with Crippen LogP contribution in [0.15, 0.2) is 10.6 Å². The molecule has 68 valence electrons. The van der Waals surface area contributed by atoms with Crippen molar-refractivity contribution in [1.82, 2.24) is 5.16 Å². The van der Waals surface area contributed by atoms with Gasteiger partial charge in [-0.05, 0) is 13.8 Å². The summed E-state index contributed by atoms with van der Waals surface area (Å²) in [7, 11) is 1.64. The van der Waals surface area contributed by atoms with Gasteiger partial charge in [0.1, 0.15) is 5.60 Å². The van der Waals surface area contributed by atoms with Crippen LogP contribution < -0.4 is 0 Å². The first kappa shape index (κ1) is 9.61. The molecule has 0 amide bonds. The highest BCUT2D eigenvalue weighted by atomic mass is 32.1. The Hall–Kier alpha value is -0.480. The van der Waals surface area contributed by atoms with Gasteiger partial charge in [0, 0.05) is 18.9 Å². The molecule has 3 nitrogen and oxygen atoms in total. The second kappa shape index (κ2) is 3.49. The van der Waals surface area contributed by atoms with E-state index in [1.807, 2.05) is 19.9 Å². The molecule has 1 aromatic rings. The molecule has 1 rings (SSSR count). The molecular formula is C8H13NO2S. The van der Waals surface area contributed by atoms with Gasteiger partial charge < -0.3 is 9.26 Å². The quantitative estimate of drug-likeness (QED) is 0.735. The van der Waals surface area contributed by atoms with E-state index in [-0.39, 0.29) is 0 Å². The standard InChI is InChI=1S/C8H13NO2S/c1-8(2,10-3)7-4-6(5-12)9-11-7/h4,12H,5H2,1-3H3. The fourth-order valence-corrected chi connectivity index (χ4v) is 0.920. The van der Waals surface area contributed by atoms with Crippen LogP contribution in [-0.4, -0.2) is 12.3 Å². The number of nitrogens with zero attached hydrogens (tertiary/aromatic N) is 1. The Kier molecular flexibility index (Phi) is 2.80. The number of aromatic nitrogens is 1. The minimum absolute atomic E-state index is 0.409. The summed E-state index contributed by atoms with van der Waals surface area (Å²) in [6, 6.07) is 1.86. The topological polar surface area (TPSA) is 35.3 Å². The van der Waals surface area contributed by atoms with E-state index in [9.17, 15) is 0 Å². The molecule has 0 N–H and O–H groups in total. The average Bonchev–Trinajstić information content (AvgIpc) is 2.52. The van der Waals surface area contributed by atoms with Crippen LogP contribution in [-0.2, 0) is 16.1 Å². The Morgan fingerprint density at radius 3 is 2.75 bits per heavy atom. The third-order valence-corrected chi connectivity index (χ3v) is 2.15. The summed E-state index contributed by atoms with van der Waals surface area (Å²) >= 11 is 4.09. The van der Waals surface area contributed by atoms with Crippen LogP contribution in [0.4, 0.5) is 0 Å². The third kappa shape index (κ3) is 1.81. The first-order valence-electron chi connectivity index (χ1n) is 3.72. The second-order valence-corrected chi connectivity index (χ2v) is 3.37.